The SMILES string of the molecule is O=C(O)N1CC2CC1CN2c1nc(-c2ccc(Cl)c(Cl)c2)nc(C(Cl)(Cl)Cl)n1. The fourth-order valence-electron chi connectivity index (χ4n) is 3.53. The number of alkyl halides is 3. The molecular formula is C16H12Cl5N5O2. The molecule has 1 aromatic carbocycles. The van der Waals surface area contributed by atoms with Crippen molar-refractivity contribution in [2.75, 3.05) is 18.0 Å². The van der Waals surface area contributed by atoms with Crippen LogP contribution < -0.4 is 4.90 Å². The number of halogens is 5. The monoisotopic (exact) mass is 481 g/mol. The minimum absolute atomic E-state index is 0.0264. The number of anilines is 1. The van der Waals surface area contributed by atoms with E-state index in [0.717, 1.165) is 0 Å². The smallest absolute Gasteiger partial charge is 0.407 e. The van der Waals surface area contributed by atoms with Gasteiger partial charge in [0, 0.05) is 18.7 Å². The molecule has 2 fully saturated rings. The molecule has 3 heterocycles. The second-order valence-electron chi connectivity index (χ2n) is 6.54. The number of rotatable bonds is 2. The normalized spacial score (nSPS) is 21.5. The van der Waals surface area contributed by atoms with E-state index in [1.54, 1.807) is 18.2 Å². The zero-order valence-electron chi connectivity index (χ0n) is 14.0. The minimum atomic E-state index is -1.85. The highest BCUT2D eigenvalue weighted by Gasteiger charge is 2.46. The lowest BCUT2D eigenvalue weighted by Gasteiger charge is -2.33. The van der Waals surface area contributed by atoms with Crippen LogP contribution in [0.15, 0.2) is 18.2 Å². The van der Waals surface area contributed by atoms with E-state index in [4.69, 9.17) is 58.0 Å². The molecule has 2 unspecified atom stereocenters. The fourth-order valence-corrected chi connectivity index (χ4v) is 4.08. The van der Waals surface area contributed by atoms with Crippen LogP contribution in [-0.2, 0) is 3.79 Å². The maximum atomic E-state index is 11.3. The van der Waals surface area contributed by atoms with Crippen molar-refractivity contribution in [1.82, 2.24) is 19.9 Å². The summed E-state index contributed by atoms with van der Waals surface area (Å²) in [7, 11) is 0. The predicted molar refractivity (Wildman–Crippen MR) is 109 cm³/mol. The van der Waals surface area contributed by atoms with Gasteiger partial charge in [-0.05, 0) is 24.6 Å². The summed E-state index contributed by atoms with van der Waals surface area (Å²) in [6.07, 6.45) is -0.232. The molecule has 0 spiro atoms. The first kappa shape index (κ1) is 20.0. The number of fused-ring (bicyclic) bond motifs is 2. The number of carbonyl (C=O) groups is 1. The molecule has 0 saturated carbocycles. The molecule has 4 rings (SSSR count). The first-order chi connectivity index (χ1) is 13.1. The van der Waals surface area contributed by atoms with E-state index in [9.17, 15) is 9.90 Å². The third kappa shape index (κ3) is 3.66. The van der Waals surface area contributed by atoms with Crippen LogP contribution in [0.2, 0.25) is 10.0 Å². The van der Waals surface area contributed by atoms with E-state index >= 15 is 0 Å². The molecule has 1 amide bonds. The molecule has 2 aromatic rings. The summed E-state index contributed by atoms with van der Waals surface area (Å²) in [6.45, 7) is 0.831. The summed E-state index contributed by atoms with van der Waals surface area (Å²) in [6, 6.07) is 4.78. The van der Waals surface area contributed by atoms with Crippen LogP contribution in [0, 0.1) is 0 Å². The van der Waals surface area contributed by atoms with Gasteiger partial charge in [0.15, 0.2) is 11.6 Å². The van der Waals surface area contributed by atoms with Gasteiger partial charge in [0.1, 0.15) is 0 Å². The Morgan fingerprint density at radius 1 is 1.07 bits per heavy atom. The van der Waals surface area contributed by atoms with Gasteiger partial charge in [0.2, 0.25) is 9.74 Å². The number of piperazine rings is 1. The van der Waals surface area contributed by atoms with Crippen LogP contribution in [-0.4, -0.2) is 56.2 Å². The number of amides is 1. The first-order valence-electron chi connectivity index (χ1n) is 8.18. The maximum absolute atomic E-state index is 11.3. The van der Waals surface area contributed by atoms with Gasteiger partial charge in [0.05, 0.1) is 22.1 Å². The topological polar surface area (TPSA) is 82.5 Å². The van der Waals surface area contributed by atoms with E-state index in [1.807, 2.05) is 4.90 Å². The van der Waals surface area contributed by atoms with Crippen LogP contribution >= 0.6 is 58.0 Å². The maximum Gasteiger partial charge on any atom is 0.407 e. The second kappa shape index (κ2) is 7.22. The number of hydrogen-bond donors (Lipinski definition) is 1. The van der Waals surface area contributed by atoms with Crippen LogP contribution in [0.4, 0.5) is 10.7 Å². The van der Waals surface area contributed by atoms with Crippen molar-refractivity contribution < 1.29 is 9.90 Å². The fraction of sp³-hybridized carbons (Fsp3) is 0.375. The highest BCUT2D eigenvalue weighted by Crippen LogP contribution is 2.39. The van der Waals surface area contributed by atoms with Gasteiger partial charge in [-0.15, -0.1) is 0 Å². The van der Waals surface area contributed by atoms with E-state index in [2.05, 4.69) is 15.0 Å². The van der Waals surface area contributed by atoms with Gasteiger partial charge >= 0.3 is 6.09 Å². The Labute approximate surface area is 185 Å². The van der Waals surface area contributed by atoms with Crippen molar-refractivity contribution in [1.29, 1.82) is 0 Å². The Morgan fingerprint density at radius 2 is 1.82 bits per heavy atom. The average Bonchev–Trinajstić information content (AvgIpc) is 3.24. The lowest BCUT2D eigenvalue weighted by molar-refractivity contribution is 0.137. The summed E-state index contributed by atoms with van der Waals surface area (Å²) in [5, 5.41) is 10.0. The van der Waals surface area contributed by atoms with E-state index in [-0.39, 0.29) is 23.7 Å². The molecular weight excluding hydrogens is 471 g/mol. The zero-order chi connectivity index (χ0) is 20.2. The highest BCUT2D eigenvalue weighted by atomic mass is 35.6. The Hall–Kier alpha value is -1.25. The number of carboxylic acid groups (broad SMARTS) is 1. The summed E-state index contributed by atoms with van der Waals surface area (Å²) < 4.78 is -1.85. The first-order valence-corrected chi connectivity index (χ1v) is 10.1. The van der Waals surface area contributed by atoms with Gasteiger partial charge in [-0.1, -0.05) is 58.0 Å². The van der Waals surface area contributed by atoms with Crippen molar-refractivity contribution in [2.45, 2.75) is 22.3 Å². The van der Waals surface area contributed by atoms with Crippen LogP contribution in [0.3, 0.4) is 0 Å². The van der Waals surface area contributed by atoms with Crippen molar-refractivity contribution in [3.63, 3.8) is 0 Å². The number of nitrogens with zero attached hydrogens (tertiary/aromatic N) is 5. The number of hydrogen-bond acceptors (Lipinski definition) is 5. The summed E-state index contributed by atoms with van der Waals surface area (Å²) in [5.74, 6) is 0.583. The summed E-state index contributed by atoms with van der Waals surface area (Å²) in [5.41, 5.74) is 0.588. The summed E-state index contributed by atoms with van der Waals surface area (Å²) >= 11 is 30.2. The Kier molecular flexibility index (Phi) is 5.17. The van der Waals surface area contributed by atoms with E-state index < -0.39 is 9.89 Å². The van der Waals surface area contributed by atoms with Crippen molar-refractivity contribution in [3.05, 3.63) is 34.1 Å². The second-order valence-corrected chi connectivity index (χ2v) is 9.64. The van der Waals surface area contributed by atoms with Gasteiger partial charge in [-0.25, -0.2) is 9.78 Å². The Balaban J connectivity index is 1.74. The predicted octanol–water partition coefficient (Wildman–Crippen LogP) is 4.61. The Bertz CT molecular complexity index is 954. The molecule has 0 aliphatic carbocycles. The minimum Gasteiger partial charge on any atom is -0.465 e. The largest absolute Gasteiger partial charge is 0.465 e. The molecule has 2 bridgehead atoms. The zero-order valence-corrected chi connectivity index (χ0v) is 17.8. The number of benzene rings is 1. The van der Waals surface area contributed by atoms with Crippen molar-refractivity contribution in [2.24, 2.45) is 0 Å². The molecule has 148 valence electrons. The average molecular weight is 484 g/mol. The molecule has 2 aliphatic heterocycles. The van der Waals surface area contributed by atoms with Crippen LogP contribution in [0.1, 0.15) is 12.2 Å². The van der Waals surface area contributed by atoms with E-state index in [1.165, 1.54) is 4.90 Å². The number of likely N-dealkylation sites (tertiary alicyclic amines) is 1. The molecule has 2 saturated heterocycles. The Morgan fingerprint density at radius 3 is 2.39 bits per heavy atom. The molecule has 1 N–H and O–H groups in total. The molecule has 1 aromatic heterocycles. The van der Waals surface area contributed by atoms with Crippen molar-refractivity contribution in [3.8, 4) is 11.4 Å². The molecule has 0 radical (unpaired) electrons. The van der Waals surface area contributed by atoms with Crippen molar-refractivity contribution >= 4 is 70.0 Å². The third-order valence-electron chi connectivity index (χ3n) is 4.80. The lowest BCUT2D eigenvalue weighted by atomic mass is 10.2. The quantitative estimate of drug-likeness (QED) is 0.628. The van der Waals surface area contributed by atoms with Gasteiger partial charge < -0.3 is 14.9 Å². The molecule has 7 nitrogen and oxygen atoms in total. The molecule has 12 heteroatoms. The lowest BCUT2D eigenvalue weighted by Crippen LogP contribution is -2.49. The third-order valence-corrected chi connectivity index (χ3v) is 6.04. The van der Waals surface area contributed by atoms with Crippen LogP contribution in [0.5, 0.6) is 0 Å². The number of aromatic nitrogens is 3. The van der Waals surface area contributed by atoms with Crippen LogP contribution in [0.25, 0.3) is 11.4 Å². The molecule has 2 atom stereocenters. The van der Waals surface area contributed by atoms with Gasteiger partial charge in [-0.2, -0.15) is 9.97 Å². The van der Waals surface area contributed by atoms with E-state index in [0.29, 0.717) is 41.1 Å². The summed E-state index contributed by atoms with van der Waals surface area (Å²) in [4.78, 5) is 27.8. The molecule has 2 aliphatic rings. The molecule has 28 heavy (non-hydrogen) atoms. The van der Waals surface area contributed by atoms with Gasteiger partial charge in [-0.3, -0.25) is 0 Å². The standard InChI is InChI=1S/C16H12Cl5N5O2/c17-10-2-1-7(3-11(10)18)12-22-13(16(19,20)21)24-14(23-12)25-5-9-4-8(25)6-26(9)15(27)28/h1-3,8-9H,4-6H2,(H,27,28). The van der Waals surface area contributed by atoms with Gasteiger partial charge in [0.25, 0.3) is 0 Å². The highest BCUT2D eigenvalue weighted by molar-refractivity contribution is 6.66.